The Hall–Kier alpha value is -2.50. The molecule has 1 N–H and O–H groups in total. The van der Waals surface area contributed by atoms with Gasteiger partial charge < -0.3 is 10.2 Å². The van der Waals surface area contributed by atoms with Gasteiger partial charge in [0.2, 0.25) is 5.95 Å². The molecule has 1 aliphatic heterocycles. The van der Waals surface area contributed by atoms with Crippen molar-refractivity contribution in [3.63, 3.8) is 0 Å². The first-order valence-corrected chi connectivity index (χ1v) is 7.58. The van der Waals surface area contributed by atoms with Crippen LogP contribution in [0.5, 0.6) is 0 Å². The Labute approximate surface area is 129 Å². The second-order valence-electron chi connectivity index (χ2n) is 5.32. The zero-order valence-electron chi connectivity index (χ0n) is 12.4. The summed E-state index contributed by atoms with van der Waals surface area (Å²) in [6.45, 7) is 2.22. The molecule has 2 aromatic heterocycles. The second kappa shape index (κ2) is 6.98. The smallest absolute Gasteiger partial charge is 0.256 e. The lowest BCUT2D eigenvalue weighted by Crippen LogP contribution is -2.35. The van der Waals surface area contributed by atoms with Crippen molar-refractivity contribution in [3.05, 3.63) is 48.0 Å². The Morgan fingerprint density at radius 1 is 1.09 bits per heavy atom. The molecule has 0 saturated carbocycles. The number of hydrogen-bond donors (Lipinski definition) is 1. The monoisotopic (exact) mass is 297 g/mol. The highest BCUT2D eigenvalue weighted by Gasteiger charge is 2.18. The van der Waals surface area contributed by atoms with Gasteiger partial charge in [-0.15, -0.1) is 0 Å². The van der Waals surface area contributed by atoms with Crippen molar-refractivity contribution < 1.29 is 4.79 Å². The highest BCUT2D eigenvalue weighted by Crippen LogP contribution is 2.12. The molecule has 0 atom stereocenters. The van der Waals surface area contributed by atoms with E-state index >= 15 is 0 Å². The van der Waals surface area contributed by atoms with E-state index < -0.39 is 0 Å². The molecule has 0 radical (unpaired) electrons. The molecule has 0 aromatic carbocycles. The lowest BCUT2D eigenvalue weighted by atomic mass is 10.1. The number of aromatic nitrogens is 3. The quantitative estimate of drug-likeness (QED) is 0.936. The third-order valence-corrected chi connectivity index (χ3v) is 3.70. The average Bonchev–Trinajstić information content (AvgIpc) is 2.61. The molecule has 6 heteroatoms. The van der Waals surface area contributed by atoms with Crippen LogP contribution in [0.25, 0.3) is 0 Å². The summed E-state index contributed by atoms with van der Waals surface area (Å²) in [6, 6.07) is 5.74. The van der Waals surface area contributed by atoms with E-state index in [1.54, 1.807) is 18.6 Å². The van der Waals surface area contributed by atoms with Gasteiger partial charge in [0.1, 0.15) is 0 Å². The highest BCUT2D eigenvalue weighted by molar-refractivity contribution is 5.93. The third kappa shape index (κ3) is 3.58. The van der Waals surface area contributed by atoms with Crippen molar-refractivity contribution in [1.82, 2.24) is 19.9 Å². The Kier molecular flexibility index (Phi) is 4.58. The van der Waals surface area contributed by atoms with E-state index in [1.165, 1.54) is 6.42 Å². The first-order chi connectivity index (χ1) is 10.8. The Balaban J connectivity index is 1.59. The van der Waals surface area contributed by atoms with E-state index in [0.717, 1.165) is 31.6 Å². The molecule has 1 saturated heterocycles. The number of nitrogens with zero attached hydrogens (tertiary/aromatic N) is 4. The molecule has 1 aliphatic rings. The van der Waals surface area contributed by atoms with E-state index in [-0.39, 0.29) is 5.91 Å². The van der Waals surface area contributed by atoms with Crippen LogP contribution in [-0.4, -0.2) is 38.8 Å². The van der Waals surface area contributed by atoms with Gasteiger partial charge in [0.15, 0.2) is 0 Å². The molecule has 22 heavy (non-hydrogen) atoms. The minimum Gasteiger partial charge on any atom is -0.349 e. The summed E-state index contributed by atoms with van der Waals surface area (Å²) >= 11 is 0. The number of anilines is 1. The predicted octanol–water partition coefficient (Wildman–Crippen LogP) is 2.11. The number of carbonyl (C=O) groups excluding carboxylic acids is 1. The summed E-state index contributed by atoms with van der Waals surface area (Å²) in [7, 11) is 0. The van der Waals surface area contributed by atoms with E-state index in [2.05, 4.69) is 20.3 Å². The van der Waals surface area contributed by atoms with Gasteiger partial charge in [-0.25, -0.2) is 9.97 Å². The van der Waals surface area contributed by atoms with Gasteiger partial charge in [0.25, 0.3) is 5.91 Å². The van der Waals surface area contributed by atoms with E-state index in [0.29, 0.717) is 18.1 Å². The van der Waals surface area contributed by atoms with Crippen LogP contribution in [0, 0.1) is 0 Å². The lowest BCUT2D eigenvalue weighted by molar-refractivity contribution is 0.0723. The van der Waals surface area contributed by atoms with Crippen LogP contribution in [0.2, 0.25) is 0 Å². The van der Waals surface area contributed by atoms with Gasteiger partial charge in [-0.1, -0.05) is 6.07 Å². The largest absolute Gasteiger partial charge is 0.349 e. The summed E-state index contributed by atoms with van der Waals surface area (Å²) in [5.74, 6) is 0.525. The molecule has 1 amide bonds. The zero-order valence-corrected chi connectivity index (χ0v) is 12.4. The number of likely N-dealkylation sites (tertiary alicyclic amines) is 1. The number of piperidine rings is 1. The fraction of sp³-hybridized carbons (Fsp3) is 0.375. The van der Waals surface area contributed by atoms with Gasteiger partial charge in [0, 0.05) is 31.7 Å². The van der Waals surface area contributed by atoms with Crippen LogP contribution in [0.3, 0.4) is 0 Å². The number of amides is 1. The number of rotatable bonds is 4. The molecular formula is C16H19N5O. The summed E-state index contributed by atoms with van der Waals surface area (Å²) in [6.07, 6.45) is 8.29. The molecule has 2 aromatic rings. The molecule has 3 rings (SSSR count). The van der Waals surface area contributed by atoms with Crippen LogP contribution in [-0.2, 0) is 6.54 Å². The van der Waals surface area contributed by atoms with Gasteiger partial charge in [-0.3, -0.25) is 9.78 Å². The van der Waals surface area contributed by atoms with Crippen molar-refractivity contribution in [2.24, 2.45) is 0 Å². The zero-order chi connectivity index (χ0) is 15.2. The molecule has 0 bridgehead atoms. The van der Waals surface area contributed by atoms with Crippen molar-refractivity contribution in [2.45, 2.75) is 25.8 Å². The van der Waals surface area contributed by atoms with E-state index in [4.69, 9.17) is 0 Å². The Bertz CT molecular complexity index is 608. The maximum atomic E-state index is 12.3. The normalized spacial score (nSPS) is 14.6. The maximum absolute atomic E-state index is 12.3. The number of carbonyl (C=O) groups is 1. The molecule has 0 unspecified atom stereocenters. The fourth-order valence-electron chi connectivity index (χ4n) is 2.48. The molecule has 0 aliphatic carbocycles. The summed E-state index contributed by atoms with van der Waals surface area (Å²) in [5, 5.41) is 3.10. The average molecular weight is 297 g/mol. The topological polar surface area (TPSA) is 71.0 Å². The van der Waals surface area contributed by atoms with Crippen molar-refractivity contribution in [2.75, 3.05) is 18.4 Å². The number of pyridine rings is 1. The summed E-state index contributed by atoms with van der Waals surface area (Å²) < 4.78 is 0. The second-order valence-corrected chi connectivity index (χ2v) is 5.32. The molecule has 3 heterocycles. The van der Waals surface area contributed by atoms with E-state index in [1.807, 2.05) is 23.1 Å². The van der Waals surface area contributed by atoms with E-state index in [9.17, 15) is 4.79 Å². The molecule has 6 nitrogen and oxygen atoms in total. The summed E-state index contributed by atoms with van der Waals surface area (Å²) in [4.78, 5) is 26.8. The molecule has 1 fully saturated rings. The van der Waals surface area contributed by atoms with Crippen LogP contribution in [0.15, 0.2) is 36.8 Å². The first-order valence-electron chi connectivity index (χ1n) is 7.58. The molecular weight excluding hydrogens is 278 g/mol. The van der Waals surface area contributed by atoms with Gasteiger partial charge in [-0.05, 0) is 31.4 Å². The van der Waals surface area contributed by atoms with Crippen LogP contribution in [0.4, 0.5) is 5.95 Å². The fourth-order valence-corrected chi connectivity index (χ4v) is 2.48. The number of hydrogen-bond acceptors (Lipinski definition) is 5. The highest BCUT2D eigenvalue weighted by atomic mass is 16.2. The van der Waals surface area contributed by atoms with Crippen molar-refractivity contribution in [3.8, 4) is 0 Å². The summed E-state index contributed by atoms with van der Waals surface area (Å²) in [5.41, 5.74) is 1.46. The number of nitrogens with one attached hydrogen (secondary N) is 1. The van der Waals surface area contributed by atoms with Gasteiger partial charge in [-0.2, -0.15) is 0 Å². The molecule has 0 spiro atoms. The van der Waals surface area contributed by atoms with Gasteiger partial charge >= 0.3 is 0 Å². The maximum Gasteiger partial charge on any atom is 0.256 e. The van der Waals surface area contributed by atoms with Crippen LogP contribution < -0.4 is 5.32 Å². The van der Waals surface area contributed by atoms with Crippen molar-refractivity contribution >= 4 is 11.9 Å². The Morgan fingerprint density at radius 2 is 1.86 bits per heavy atom. The van der Waals surface area contributed by atoms with Crippen LogP contribution in [0.1, 0.15) is 35.3 Å². The standard InChI is InChI=1S/C16H19N5O/c22-15(21-8-4-1-5-9-21)13-10-18-16(19-11-13)20-12-14-6-2-3-7-17-14/h2-3,6-7,10-11H,1,4-5,8-9,12H2,(H,18,19,20). The molecule has 114 valence electrons. The third-order valence-electron chi connectivity index (χ3n) is 3.70. The first kappa shape index (κ1) is 14.4. The van der Waals surface area contributed by atoms with Crippen LogP contribution >= 0.6 is 0 Å². The minimum atomic E-state index is 0.0241. The predicted molar refractivity (Wildman–Crippen MR) is 83.4 cm³/mol. The Morgan fingerprint density at radius 3 is 2.55 bits per heavy atom. The SMILES string of the molecule is O=C(c1cnc(NCc2ccccn2)nc1)N1CCCCC1. The lowest BCUT2D eigenvalue weighted by Gasteiger charge is -2.26. The van der Waals surface area contributed by atoms with Crippen molar-refractivity contribution in [1.29, 1.82) is 0 Å². The van der Waals surface area contributed by atoms with Gasteiger partial charge in [0.05, 0.1) is 17.8 Å². The minimum absolute atomic E-state index is 0.0241.